The van der Waals surface area contributed by atoms with Crippen molar-refractivity contribution in [3.05, 3.63) is 11.7 Å². The molecule has 2 unspecified atom stereocenters. The molecule has 108 valence electrons. The van der Waals surface area contributed by atoms with Gasteiger partial charge in [0.2, 0.25) is 5.89 Å². The number of piperidine rings is 1. The highest BCUT2D eigenvalue weighted by atomic mass is 16.5. The normalized spacial score (nSPS) is 21.8. The van der Waals surface area contributed by atoms with Crippen LogP contribution in [-0.2, 0) is 11.3 Å². The lowest BCUT2D eigenvalue weighted by Crippen LogP contribution is -2.36. The van der Waals surface area contributed by atoms with E-state index in [1.54, 1.807) is 7.11 Å². The van der Waals surface area contributed by atoms with Crippen molar-refractivity contribution in [2.45, 2.75) is 32.4 Å². The Hall–Kier alpha value is -0.980. The van der Waals surface area contributed by atoms with Gasteiger partial charge in [0, 0.05) is 13.7 Å². The Morgan fingerprint density at radius 1 is 1.58 bits per heavy atom. The van der Waals surface area contributed by atoms with E-state index in [4.69, 9.17) is 9.26 Å². The molecule has 0 spiro atoms. The highest BCUT2D eigenvalue weighted by molar-refractivity contribution is 4.89. The molecule has 0 aliphatic carbocycles. The molecule has 0 aromatic carbocycles. The molecule has 2 heterocycles. The van der Waals surface area contributed by atoms with Gasteiger partial charge in [0.15, 0.2) is 5.82 Å². The number of ether oxygens (including phenoxy) is 1. The maximum atomic E-state index is 5.25. The van der Waals surface area contributed by atoms with Crippen LogP contribution in [0.1, 0.15) is 37.6 Å². The molecule has 6 heteroatoms. The van der Waals surface area contributed by atoms with Crippen LogP contribution < -0.4 is 5.32 Å². The van der Waals surface area contributed by atoms with Crippen LogP contribution in [-0.4, -0.2) is 48.8 Å². The molecule has 1 aromatic heterocycles. The van der Waals surface area contributed by atoms with E-state index < -0.39 is 0 Å². The van der Waals surface area contributed by atoms with E-state index in [-0.39, 0.29) is 6.10 Å². The zero-order valence-electron chi connectivity index (χ0n) is 12.1. The molecule has 0 bridgehead atoms. The van der Waals surface area contributed by atoms with Crippen LogP contribution in [0.2, 0.25) is 0 Å². The van der Waals surface area contributed by atoms with Crippen molar-refractivity contribution in [1.29, 1.82) is 0 Å². The molecular formula is C13H24N4O2. The largest absolute Gasteiger partial charge is 0.374 e. The van der Waals surface area contributed by atoms with Gasteiger partial charge in [0.25, 0.3) is 0 Å². The number of rotatable bonds is 6. The summed E-state index contributed by atoms with van der Waals surface area (Å²) in [6, 6.07) is 0. The lowest BCUT2D eigenvalue weighted by molar-refractivity contribution is 0.109. The van der Waals surface area contributed by atoms with Crippen LogP contribution in [0, 0.1) is 5.92 Å². The maximum absolute atomic E-state index is 5.25. The van der Waals surface area contributed by atoms with Crippen LogP contribution in [0.25, 0.3) is 0 Å². The molecule has 2 atom stereocenters. The summed E-state index contributed by atoms with van der Waals surface area (Å²) in [7, 11) is 3.74. The summed E-state index contributed by atoms with van der Waals surface area (Å²) in [6.45, 7) is 5.93. The molecule has 1 aliphatic heterocycles. The zero-order chi connectivity index (χ0) is 13.7. The van der Waals surface area contributed by atoms with Gasteiger partial charge in [-0.25, -0.2) is 0 Å². The van der Waals surface area contributed by atoms with Crippen molar-refractivity contribution in [3.63, 3.8) is 0 Å². The van der Waals surface area contributed by atoms with Crippen molar-refractivity contribution in [3.8, 4) is 0 Å². The molecule has 0 saturated carbocycles. The number of hydrogen-bond donors (Lipinski definition) is 1. The van der Waals surface area contributed by atoms with Gasteiger partial charge in [-0.1, -0.05) is 5.16 Å². The van der Waals surface area contributed by atoms with Crippen LogP contribution in [0.5, 0.6) is 0 Å². The molecule has 1 fully saturated rings. The quantitative estimate of drug-likeness (QED) is 0.836. The van der Waals surface area contributed by atoms with Gasteiger partial charge in [-0.2, -0.15) is 4.98 Å². The Labute approximate surface area is 114 Å². The van der Waals surface area contributed by atoms with E-state index in [0.717, 1.165) is 25.6 Å². The van der Waals surface area contributed by atoms with E-state index >= 15 is 0 Å². The summed E-state index contributed by atoms with van der Waals surface area (Å²) >= 11 is 0. The molecule has 19 heavy (non-hydrogen) atoms. The molecule has 1 aromatic rings. The van der Waals surface area contributed by atoms with Gasteiger partial charge in [-0.3, -0.25) is 4.90 Å². The van der Waals surface area contributed by atoms with Gasteiger partial charge in [0.1, 0.15) is 6.10 Å². The fraction of sp³-hybridized carbons (Fsp3) is 0.846. The first-order chi connectivity index (χ1) is 9.19. The smallest absolute Gasteiger partial charge is 0.240 e. The van der Waals surface area contributed by atoms with E-state index in [9.17, 15) is 0 Å². The monoisotopic (exact) mass is 268 g/mol. The van der Waals surface area contributed by atoms with Gasteiger partial charge >= 0.3 is 0 Å². The highest BCUT2D eigenvalue weighted by Crippen LogP contribution is 2.14. The maximum Gasteiger partial charge on any atom is 0.240 e. The third-order valence-corrected chi connectivity index (χ3v) is 3.57. The second-order valence-corrected chi connectivity index (χ2v) is 5.33. The molecule has 2 rings (SSSR count). The van der Waals surface area contributed by atoms with Crippen LogP contribution in [0.3, 0.4) is 0 Å². The average molecular weight is 268 g/mol. The zero-order valence-corrected chi connectivity index (χ0v) is 12.1. The summed E-state index contributed by atoms with van der Waals surface area (Å²) in [6.07, 6.45) is 2.45. The number of hydrogen-bond acceptors (Lipinski definition) is 6. The van der Waals surface area contributed by atoms with E-state index in [2.05, 4.69) is 27.4 Å². The second kappa shape index (κ2) is 6.98. The Morgan fingerprint density at radius 3 is 3.11 bits per heavy atom. The first kappa shape index (κ1) is 14.4. The molecule has 1 saturated heterocycles. The number of nitrogens with zero attached hydrogens (tertiary/aromatic N) is 3. The summed E-state index contributed by atoms with van der Waals surface area (Å²) in [4.78, 5) is 6.60. The Morgan fingerprint density at radius 2 is 2.42 bits per heavy atom. The fourth-order valence-electron chi connectivity index (χ4n) is 2.42. The lowest BCUT2D eigenvalue weighted by Gasteiger charge is -2.26. The topological polar surface area (TPSA) is 63.4 Å². The fourth-order valence-corrected chi connectivity index (χ4v) is 2.42. The summed E-state index contributed by atoms with van der Waals surface area (Å²) in [5.74, 6) is 1.99. The van der Waals surface area contributed by atoms with Crippen LogP contribution in [0.4, 0.5) is 0 Å². The second-order valence-electron chi connectivity index (χ2n) is 5.33. The minimum Gasteiger partial charge on any atom is -0.374 e. The standard InChI is InChI=1S/C13H24N4O2/c1-10(18-3)13-15-12(19-16-13)9-17(2)8-11-5-4-6-14-7-11/h10-11,14H,4-9H2,1-3H3. The predicted octanol–water partition coefficient (Wildman–Crippen LogP) is 1.21. The Bertz CT molecular complexity index is 376. The van der Waals surface area contributed by atoms with Gasteiger partial charge in [0.05, 0.1) is 6.54 Å². The lowest BCUT2D eigenvalue weighted by atomic mass is 9.99. The minimum absolute atomic E-state index is 0.120. The molecule has 6 nitrogen and oxygen atoms in total. The third-order valence-electron chi connectivity index (χ3n) is 3.57. The Kier molecular flexibility index (Phi) is 5.30. The van der Waals surface area contributed by atoms with Crippen molar-refractivity contribution in [2.75, 3.05) is 33.8 Å². The number of nitrogens with one attached hydrogen (secondary N) is 1. The Balaban J connectivity index is 1.80. The summed E-state index contributed by atoms with van der Waals surface area (Å²) < 4.78 is 10.4. The predicted molar refractivity (Wildman–Crippen MR) is 71.6 cm³/mol. The van der Waals surface area contributed by atoms with E-state index in [0.29, 0.717) is 18.3 Å². The molecule has 0 amide bonds. The van der Waals surface area contributed by atoms with Crippen molar-refractivity contribution >= 4 is 0 Å². The highest BCUT2D eigenvalue weighted by Gasteiger charge is 2.18. The third kappa shape index (κ3) is 4.26. The van der Waals surface area contributed by atoms with E-state index in [1.807, 2.05) is 6.92 Å². The minimum atomic E-state index is -0.120. The van der Waals surface area contributed by atoms with Crippen molar-refractivity contribution in [1.82, 2.24) is 20.4 Å². The SMILES string of the molecule is COC(C)c1noc(CN(C)CC2CCCNC2)n1. The van der Waals surface area contributed by atoms with Crippen molar-refractivity contribution in [2.24, 2.45) is 5.92 Å². The van der Waals surface area contributed by atoms with Gasteiger partial charge in [-0.15, -0.1) is 0 Å². The number of methoxy groups -OCH3 is 1. The molecule has 1 N–H and O–H groups in total. The molecular weight excluding hydrogens is 244 g/mol. The van der Waals surface area contributed by atoms with E-state index in [1.165, 1.54) is 12.8 Å². The van der Waals surface area contributed by atoms with Crippen LogP contribution in [0.15, 0.2) is 4.52 Å². The van der Waals surface area contributed by atoms with Crippen molar-refractivity contribution < 1.29 is 9.26 Å². The van der Waals surface area contributed by atoms with Gasteiger partial charge in [-0.05, 0) is 45.8 Å². The molecule has 0 radical (unpaired) electrons. The summed E-state index contributed by atoms with van der Waals surface area (Å²) in [5.41, 5.74) is 0. The summed E-state index contributed by atoms with van der Waals surface area (Å²) in [5, 5.41) is 7.37. The first-order valence-electron chi connectivity index (χ1n) is 6.93. The first-order valence-corrected chi connectivity index (χ1v) is 6.93. The van der Waals surface area contributed by atoms with Gasteiger partial charge < -0.3 is 14.6 Å². The average Bonchev–Trinajstić information content (AvgIpc) is 2.87. The number of aromatic nitrogens is 2. The van der Waals surface area contributed by atoms with Crippen LogP contribution >= 0.6 is 0 Å². The molecule has 1 aliphatic rings.